The molecular weight excluding hydrogens is 520 g/mol. The summed E-state index contributed by atoms with van der Waals surface area (Å²) in [6, 6.07) is 22.2. The maximum Gasteiger partial charge on any atom is 0.213 e. The molecule has 0 atom stereocenters. The molecule has 39 heavy (non-hydrogen) atoms. The summed E-state index contributed by atoms with van der Waals surface area (Å²) >= 11 is 0. The molecule has 4 aromatic carbocycles. The van der Waals surface area contributed by atoms with E-state index in [1.165, 1.54) is 13.8 Å². The Labute approximate surface area is 226 Å². The summed E-state index contributed by atoms with van der Waals surface area (Å²) in [6.07, 6.45) is 0. The molecular formula is C30H26O8S. The van der Waals surface area contributed by atoms with Crippen LogP contribution in [0.1, 0.15) is 45.7 Å². The van der Waals surface area contributed by atoms with E-state index in [2.05, 4.69) is 0 Å². The van der Waals surface area contributed by atoms with Gasteiger partial charge in [-0.1, -0.05) is 60.7 Å². The smallest absolute Gasteiger partial charge is 0.213 e. The van der Waals surface area contributed by atoms with Gasteiger partial charge in [0, 0.05) is 12.1 Å². The largest absolute Gasteiger partial charge is 0.507 e. The Morgan fingerprint density at radius 3 is 1.33 bits per heavy atom. The van der Waals surface area contributed by atoms with Gasteiger partial charge in [0.1, 0.15) is 46.0 Å². The second-order valence-corrected chi connectivity index (χ2v) is 10.7. The molecule has 8 nitrogen and oxygen atoms in total. The first-order valence-corrected chi connectivity index (χ1v) is 13.4. The molecule has 0 spiro atoms. The first-order valence-electron chi connectivity index (χ1n) is 11.9. The highest BCUT2D eigenvalue weighted by molar-refractivity contribution is 7.91. The van der Waals surface area contributed by atoms with E-state index in [0.717, 1.165) is 35.4 Å². The molecule has 0 aromatic heterocycles. The Morgan fingerprint density at radius 1 is 0.641 bits per heavy atom. The zero-order valence-corrected chi connectivity index (χ0v) is 22.1. The van der Waals surface area contributed by atoms with E-state index in [1.54, 1.807) is 48.5 Å². The van der Waals surface area contributed by atoms with Crippen LogP contribution in [0.3, 0.4) is 0 Å². The molecule has 200 valence electrons. The second kappa shape index (κ2) is 11.4. The van der Waals surface area contributed by atoms with Crippen molar-refractivity contribution >= 4 is 21.4 Å². The predicted octanol–water partition coefficient (Wildman–Crippen LogP) is 5.49. The lowest BCUT2D eigenvalue weighted by atomic mass is 10.1. The van der Waals surface area contributed by atoms with Gasteiger partial charge in [-0.3, -0.25) is 9.59 Å². The highest BCUT2D eigenvalue weighted by atomic mass is 32.2. The minimum Gasteiger partial charge on any atom is -0.507 e. The number of phenolic OH excluding ortho intramolecular Hbond substituents is 2. The molecule has 4 rings (SSSR count). The van der Waals surface area contributed by atoms with Gasteiger partial charge in [0.15, 0.2) is 11.6 Å². The molecule has 9 heteroatoms. The second-order valence-electron chi connectivity index (χ2n) is 8.80. The van der Waals surface area contributed by atoms with E-state index in [1.807, 2.05) is 12.1 Å². The van der Waals surface area contributed by atoms with Gasteiger partial charge in [-0.15, -0.1) is 0 Å². The summed E-state index contributed by atoms with van der Waals surface area (Å²) in [7, 11) is -4.53. The summed E-state index contributed by atoms with van der Waals surface area (Å²) in [6.45, 7) is 2.35. The molecule has 0 saturated heterocycles. The number of phenols is 2. The van der Waals surface area contributed by atoms with Crippen molar-refractivity contribution in [3.63, 3.8) is 0 Å². The van der Waals surface area contributed by atoms with Crippen LogP contribution in [0.15, 0.2) is 94.7 Å². The molecule has 2 N–H and O–H groups in total. The number of hydrogen-bond donors (Lipinski definition) is 2. The number of sulfone groups is 1. The maximum atomic E-state index is 14.1. The Morgan fingerprint density at radius 2 is 1.00 bits per heavy atom. The average Bonchev–Trinajstić information content (AvgIpc) is 2.91. The highest BCUT2D eigenvalue weighted by Crippen LogP contribution is 2.41. The fourth-order valence-corrected chi connectivity index (χ4v) is 5.45. The number of Topliss-reactive ketones (excluding diaryl/α,β-unsaturated/α-hetero) is 2. The van der Waals surface area contributed by atoms with Crippen LogP contribution in [0.25, 0.3) is 0 Å². The van der Waals surface area contributed by atoms with Crippen molar-refractivity contribution in [3.05, 3.63) is 107 Å². The molecule has 0 bridgehead atoms. The molecule has 0 aliphatic carbocycles. The van der Waals surface area contributed by atoms with Crippen LogP contribution in [-0.2, 0) is 23.1 Å². The number of carbonyl (C=O) groups excluding carboxylic acids is 2. The van der Waals surface area contributed by atoms with Crippen LogP contribution < -0.4 is 9.47 Å². The number of aromatic hydroxyl groups is 2. The predicted molar refractivity (Wildman–Crippen MR) is 143 cm³/mol. The van der Waals surface area contributed by atoms with E-state index < -0.39 is 42.7 Å². The van der Waals surface area contributed by atoms with Crippen LogP contribution in [0, 0.1) is 0 Å². The quantitative estimate of drug-likeness (QED) is 0.250. The number of rotatable bonds is 10. The lowest BCUT2D eigenvalue weighted by Crippen LogP contribution is -2.11. The zero-order chi connectivity index (χ0) is 28.2. The fraction of sp³-hybridized carbons (Fsp3) is 0.133. The number of benzene rings is 4. The van der Waals surface area contributed by atoms with E-state index >= 15 is 0 Å². The van der Waals surface area contributed by atoms with Crippen molar-refractivity contribution in [3.8, 4) is 23.0 Å². The Balaban J connectivity index is 1.86. The molecule has 4 aromatic rings. The number of ether oxygens (including phenoxy) is 2. The molecule has 0 aliphatic heterocycles. The number of carbonyl (C=O) groups is 2. The SMILES string of the molecule is CC(=O)c1cc(S(=O)(=O)c2cc(C(C)=O)c(O)cc2OCc2ccccc2)c(OCc2ccccc2)cc1O. The van der Waals surface area contributed by atoms with Crippen molar-refractivity contribution in [1.29, 1.82) is 0 Å². The summed E-state index contributed by atoms with van der Waals surface area (Å²) < 4.78 is 39.9. The molecule has 0 amide bonds. The van der Waals surface area contributed by atoms with Crippen molar-refractivity contribution < 1.29 is 37.7 Å². The highest BCUT2D eigenvalue weighted by Gasteiger charge is 2.30. The van der Waals surface area contributed by atoms with Gasteiger partial charge in [0.25, 0.3) is 0 Å². The summed E-state index contributed by atoms with van der Waals surface area (Å²) in [5.74, 6) is -2.41. The Kier molecular flexibility index (Phi) is 8.01. The molecule has 0 fully saturated rings. The average molecular weight is 547 g/mol. The van der Waals surface area contributed by atoms with E-state index in [-0.39, 0.29) is 35.8 Å². The van der Waals surface area contributed by atoms with Crippen LogP contribution in [0.4, 0.5) is 0 Å². The fourth-order valence-electron chi connectivity index (χ4n) is 3.90. The third-order valence-corrected chi connectivity index (χ3v) is 7.73. The van der Waals surface area contributed by atoms with Gasteiger partial charge >= 0.3 is 0 Å². The van der Waals surface area contributed by atoms with Gasteiger partial charge in [-0.25, -0.2) is 8.42 Å². The maximum absolute atomic E-state index is 14.1. The van der Waals surface area contributed by atoms with Crippen molar-refractivity contribution in [2.45, 2.75) is 36.9 Å². The zero-order valence-electron chi connectivity index (χ0n) is 21.2. The first kappa shape index (κ1) is 27.4. The van der Waals surface area contributed by atoms with Gasteiger partial charge in [-0.2, -0.15) is 0 Å². The van der Waals surface area contributed by atoms with E-state index in [4.69, 9.17) is 9.47 Å². The molecule has 0 aliphatic rings. The van der Waals surface area contributed by atoms with Crippen molar-refractivity contribution in [2.24, 2.45) is 0 Å². The van der Waals surface area contributed by atoms with Crippen molar-refractivity contribution in [2.75, 3.05) is 0 Å². The molecule has 0 radical (unpaired) electrons. The summed E-state index contributed by atoms with van der Waals surface area (Å²) in [4.78, 5) is 23.6. The van der Waals surface area contributed by atoms with E-state index in [9.17, 15) is 28.2 Å². The van der Waals surface area contributed by atoms with Gasteiger partial charge < -0.3 is 19.7 Å². The minimum atomic E-state index is -4.53. The Hall–Kier alpha value is -4.63. The number of ketones is 2. The van der Waals surface area contributed by atoms with Crippen LogP contribution >= 0.6 is 0 Å². The minimum absolute atomic E-state index is 0.0200. The Bertz CT molecular complexity index is 1510. The lowest BCUT2D eigenvalue weighted by Gasteiger charge is -2.18. The van der Waals surface area contributed by atoms with E-state index in [0.29, 0.717) is 0 Å². The van der Waals surface area contributed by atoms with Gasteiger partial charge in [0.05, 0.1) is 11.1 Å². The van der Waals surface area contributed by atoms with Crippen LogP contribution in [0.2, 0.25) is 0 Å². The van der Waals surface area contributed by atoms with Gasteiger partial charge in [-0.05, 0) is 37.1 Å². The summed E-state index contributed by atoms with van der Waals surface area (Å²) in [5, 5.41) is 20.9. The first-order chi connectivity index (χ1) is 18.6. The number of hydrogen-bond acceptors (Lipinski definition) is 8. The molecule has 0 heterocycles. The standard InChI is InChI=1S/C30H26O8S/c1-19(31)23-13-29(27(15-25(23)33)37-17-21-9-5-3-6-10-21)39(35,36)30-14-24(20(2)32)26(34)16-28(30)38-18-22-11-7-4-8-12-22/h3-16,33-34H,17-18H2,1-2H3. The third kappa shape index (κ3) is 6.10. The van der Waals surface area contributed by atoms with Crippen molar-refractivity contribution in [1.82, 2.24) is 0 Å². The summed E-state index contributed by atoms with van der Waals surface area (Å²) in [5.41, 5.74) is 1.04. The van der Waals surface area contributed by atoms with Gasteiger partial charge in [0.2, 0.25) is 9.84 Å². The topological polar surface area (TPSA) is 127 Å². The monoisotopic (exact) mass is 546 g/mol. The third-order valence-electron chi connectivity index (χ3n) is 5.94. The normalized spacial score (nSPS) is 11.1. The van der Waals surface area contributed by atoms with Crippen LogP contribution in [-0.4, -0.2) is 30.2 Å². The molecule has 0 unspecified atom stereocenters. The lowest BCUT2D eigenvalue weighted by molar-refractivity contribution is 0.100. The molecule has 0 saturated carbocycles. The van der Waals surface area contributed by atoms with Crippen LogP contribution in [0.5, 0.6) is 23.0 Å².